The number of nitrogens with one attached hydrogen (secondary N) is 1. The van der Waals surface area contributed by atoms with E-state index in [1.54, 1.807) is 24.3 Å². The number of carbonyl (C=O) groups excluding carboxylic acids is 1. The Balaban J connectivity index is 1.56. The highest BCUT2D eigenvalue weighted by Crippen LogP contribution is 2.29. The van der Waals surface area contributed by atoms with Gasteiger partial charge in [0.15, 0.2) is 0 Å². The molecule has 7 nitrogen and oxygen atoms in total. The largest absolute Gasteiger partial charge is 0.425 e. The van der Waals surface area contributed by atoms with Crippen LogP contribution in [0.3, 0.4) is 0 Å². The predicted octanol–water partition coefficient (Wildman–Crippen LogP) is 3.64. The topological polar surface area (TPSA) is 103 Å². The number of rotatable bonds is 7. The first-order chi connectivity index (χ1) is 15.3. The molecule has 0 saturated heterocycles. The van der Waals surface area contributed by atoms with Crippen molar-refractivity contribution < 1.29 is 22.4 Å². The fraction of sp³-hybridized carbons (Fsp3) is 0.333. The molecule has 1 heterocycles. The minimum atomic E-state index is -3.89. The maximum absolute atomic E-state index is 12.8. The smallest absolute Gasteiger partial charge is 0.339 e. The lowest BCUT2D eigenvalue weighted by atomic mass is 10.1. The summed E-state index contributed by atoms with van der Waals surface area (Å²) in [5.74, 6) is -0.523. The number of aryl methyl sites for hydroxylation is 2. The quantitative estimate of drug-likeness (QED) is 0.331. The number of ether oxygens (including phenoxy) is 1. The van der Waals surface area contributed by atoms with Crippen LogP contribution in [0.15, 0.2) is 56.6 Å². The zero-order chi connectivity index (χ0) is 22.9. The lowest BCUT2D eigenvalue weighted by Gasteiger charge is -2.17. The van der Waals surface area contributed by atoms with Gasteiger partial charge in [0.1, 0.15) is 17.4 Å². The Kier molecular flexibility index (Phi) is 6.17. The molecule has 1 atom stereocenters. The molecule has 1 aliphatic carbocycles. The summed E-state index contributed by atoms with van der Waals surface area (Å²) in [6, 6.07) is 10.3. The molecule has 1 N–H and O–H groups in total. The lowest BCUT2D eigenvalue weighted by molar-refractivity contribution is -0.136. The van der Waals surface area contributed by atoms with Gasteiger partial charge in [-0.2, -0.15) is 4.72 Å². The first kappa shape index (κ1) is 22.2. The van der Waals surface area contributed by atoms with Gasteiger partial charge in [-0.05, 0) is 62.4 Å². The standard InChI is InChI=1S/C24H25NO6S/c1-3-5-21(25-32(28,29)17-11-8-15(2)9-12-17)24(27)30-16-10-13-19-18-6-4-7-20(18)23(26)31-22(19)14-16/h8-14,21,25H,3-7H2,1-2H3/t21-/m0/s1. The summed E-state index contributed by atoms with van der Waals surface area (Å²) in [5, 5.41) is 0.835. The summed E-state index contributed by atoms with van der Waals surface area (Å²) in [6.45, 7) is 3.71. The SMILES string of the molecule is CCC[C@H](NS(=O)(=O)c1ccc(C)cc1)C(=O)Oc1ccc2c3c(c(=O)oc2c1)CCC3. The van der Waals surface area contributed by atoms with Crippen LogP contribution in [0.5, 0.6) is 5.75 Å². The minimum Gasteiger partial charge on any atom is -0.425 e. The Morgan fingerprint density at radius 1 is 1.12 bits per heavy atom. The van der Waals surface area contributed by atoms with Crippen molar-refractivity contribution in [1.29, 1.82) is 0 Å². The summed E-state index contributed by atoms with van der Waals surface area (Å²) in [5.41, 5.74) is 2.64. The van der Waals surface area contributed by atoms with E-state index in [4.69, 9.17) is 9.15 Å². The van der Waals surface area contributed by atoms with E-state index in [1.807, 2.05) is 13.8 Å². The van der Waals surface area contributed by atoms with E-state index in [9.17, 15) is 18.0 Å². The average Bonchev–Trinajstić information content (AvgIpc) is 3.24. The molecule has 1 aromatic heterocycles. The maximum Gasteiger partial charge on any atom is 0.339 e. The van der Waals surface area contributed by atoms with E-state index in [2.05, 4.69) is 4.72 Å². The Morgan fingerprint density at radius 3 is 2.56 bits per heavy atom. The number of carbonyl (C=O) groups is 1. The predicted molar refractivity (Wildman–Crippen MR) is 120 cm³/mol. The molecule has 0 amide bonds. The van der Waals surface area contributed by atoms with Crippen molar-refractivity contribution in [1.82, 2.24) is 4.72 Å². The molecule has 0 saturated carbocycles. The van der Waals surface area contributed by atoms with E-state index in [0.29, 0.717) is 18.4 Å². The maximum atomic E-state index is 12.8. The van der Waals surface area contributed by atoms with Crippen LogP contribution in [0.4, 0.5) is 0 Å². The molecule has 0 unspecified atom stereocenters. The third kappa shape index (κ3) is 4.47. The molecule has 168 valence electrons. The van der Waals surface area contributed by atoms with Crippen molar-refractivity contribution in [3.63, 3.8) is 0 Å². The lowest BCUT2D eigenvalue weighted by Crippen LogP contribution is -2.42. The van der Waals surface area contributed by atoms with Crippen molar-refractivity contribution in [3.05, 3.63) is 69.6 Å². The van der Waals surface area contributed by atoms with Gasteiger partial charge in [-0.1, -0.05) is 31.0 Å². The van der Waals surface area contributed by atoms with Gasteiger partial charge in [0, 0.05) is 17.0 Å². The molecular formula is C24H25NO6S. The number of esters is 1. The average molecular weight is 456 g/mol. The van der Waals surface area contributed by atoms with E-state index in [0.717, 1.165) is 34.9 Å². The van der Waals surface area contributed by atoms with Crippen LogP contribution in [0, 0.1) is 6.92 Å². The van der Waals surface area contributed by atoms with Crippen molar-refractivity contribution in [2.45, 2.75) is 56.9 Å². The molecule has 0 aliphatic heterocycles. The van der Waals surface area contributed by atoms with Gasteiger partial charge in [0.25, 0.3) is 0 Å². The normalized spacial score (nSPS) is 14.3. The Bertz CT molecular complexity index is 1330. The van der Waals surface area contributed by atoms with Crippen LogP contribution >= 0.6 is 0 Å². The second-order valence-electron chi connectivity index (χ2n) is 8.05. The Hall–Kier alpha value is -2.97. The number of sulfonamides is 1. The van der Waals surface area contributed by atoms with E-state index in [1.165, 1.54) is 18.2 Å². The van der Waals surface area contributed by atoms with Crippen LogP contribution in [0.1, 0.15) is 42.9 Å². The molecule has 0 spiro atoms. The number of hydrogen-bond acceptors (Lipinski definition) is 6. The first-order valence-electron chi connectivity index (χ1n) is 10.7. The third-order valence-electron chi connectivity index (χ3n) is 5.65. The van der Waals surface area contributed by atoms with E-state index < -0.39 is 22.0 Å². The number of hydrogen-bond donors (Lipinski definition) is 1. The molecule has 0 radical (unpaired) electrons. The third-order valence-corrected chi connectivity index (χ3v) is 7.14. The summed E-state index contributed by atoms with van der Waals surface area (Å²) >= 11 is 0. The summed E-state index contributed by atoms with van der Waals surface area (Å²) < 4.78 is 38.8. The molecule has 32 heavy (non-hydrogen) atoms. The molecule has 1 aliphatic rings. The first-order valence-corrected chi connectivity index (χ1v) is 12.2. The summed E-state index contributed by atoms with van der Waals surface area (Å²) in [4.78, 5) is 25.1. The van der Waals surface area contributed by atoms with Crippen LogP contribution < -0.4 is 15.1 Å². The zero-order valence-corrected chi connectivity index (χ0v) is 18.8. The summed E-state index contributed by atoms with van der Waals surface area (Å²) in [7, 11) is -3.89. The molecule has 4 rings (SSSR count). The summed E-state index contributed by atoms with van der Waals surface area (Å²) in [6.07, 6.45) is 3.30. The molecule has 0 fully saturated rings. The molecule has 2 aromatic carbocycles. The monoisotopic (exact) mass is 455 g/mol. The minimum absolute atomic E-state index is 0.0818. The van der Waals surface area contributed by atoms with Gasteiger partial charge in [0.2, 0.25) is 10.0 Å². The van der Waals surface area contributed by atoms with Gasteiger partial charge in [0.05, 0.1) is 4.90 Å². The molecule has 8 heteroatoms. The molecular weight excluding hydrogens is 430 g/mol. The highest BCUT2D eigenvalue weighted by atomic mass is 32.2. The fourth-order valence-corrected chi connectivity index (χ4v) is 5.22. The Labute approximate surface area is 186 Å². The van der Waals surface area contributed by atoms with Crippen molar-refractivity contribution in [2.75, 3.05) is 0 Å². The van der Waals surface area contributed by atoms with Crippen molar-refractivity contribution in [2.24, 2.45) is 0 Å². The number of fused-ring (bicyclic) bond motifs is 3. The van der Waals surface area contributed by atoms with Gasteiger partial charge in [-0.3, -0.25) is 0 Å². The highest BCUT2D eigenvalue weighted by Gasteiger charge is 2.27. The number of benzene rings is 2. The second-order valence-corrected chi connectivity index (χ2v) is 9.77. The fourth-order valence-electron chi connectivity index (χ4n) is 4.00. The van der Waals surface area contributed by atoms with Crippen LogP contribution in [-0.2, 0) is 27.7 Å². The van der Waals surface area contributed by atoms with E-state index >= 15 is 0 Å². The zero-order valence-electron chi connectivity index (χ0n) is 18.0. The highest BCUT2D eigenvalue weighted by molar-refractivity contribution is 7.89. The van der Waals surface area contributed by atoms with Crippen LogP contribution in [0.2, 0.25) is 0 Å². The van der Waals surface area contributed by atoms with Crippen LogP contribution in [0.25, 0.3) is 11.0 Å². The van der Waals surface area contributed by atoms with Crippen molar-refractivity contribution >= 4 is 27.0 Å². The van der Waals surface area contributed by atoms with E-state index in [-0.39, 0.29) is 22.7 Å². The Morgan fingerprint density at radius 2 is 1.84 bits per heavy atom. The molecule has 3 aromatic rings. The van der Waals surface area contributed by atoms with Gasteiger partial charge >= 0.3 is 11.6 Å². The van der Waals surface area contributed by atoms with Crippen molar-refractivity contribution in [3.8, 4) is 5.75 Å². The van der Waals surface area contributed by atoms with Gasteiger partial charge in [-0.15, -0.1) is 0 Å². The molecule has 0 bridgehead atoms. The van der Waals surface area contributed by atoms with Gasteiger partial charge in [-0.25, -0.2) is 18.0 Å². The van der Waals surface area contributed by atoms with Gasteiger partial charge < -0.3 is 9.15 Å². The second kappa shape index (κ2) is 8.88. The van der Waals surface area contributed by atoms with Crippen LogP contribution in [-0.4, -0.2) is 20.4 Å².